The Balaban J connectivity index is 1.51. The van der Waals surface area contributed by atoms with Crippen LogP contribution in [-0.4, -0.2) is 26.2 Å². The molecule has 2 N–H and O–H groups in total. The summed E-state index contributed by atoms with van der Waals surface area (Å²) in [7, 11) is -3.64. The van der Waals surface area contributed by atoms with Crippen molar-refractivity contribution < 1.29 is 18.3 Å². The Morgan fingerprint density at radius 3 is 2.37 bits per heavy atom. The molecule has 3 rings (SSSR count). The van der Waals surface area contributed by atoms with Crippen LogP contribution in [0, 0.1) is 0 Å². The highest BCUT2D eigenvalue weighted by Gasteiger charge is 2.13. The van der Waals surface area contributed by atoms with Gasteiger partial charge in [0.25, 0.3) is 10.0 Å². The fraction of sp³-hybridized carbons (Fsp3) is 0.167. The fourth-order valence-corrected chi connectivity index (χ4v) is 3.91. The van der Waals surface area contributed by atoms with Gasteiger partial charge in [0.1, 0.15) is 5.75 Å². The second-order valence-corrected chi connectivity index (χ2v) is 8.46. The molecule has 5 nitrogen and oxygen atoms in total. The summed E-state index contributed by atoms with van der Waals surface area (Å²) in [5, 5.41) is 10.2. The molecule has 0 spiro atoms. The van der Waals surface area contributed by atoms with Gasteiger partial charge in [-0.25, -0.2) is 8.42 Å². The lowest BCUT2D eigenvalue weighted by atomic mass is 10.1. The third-order valence-corrected chi connectivity index (χ3v) is 5.76. The molecule has 1 atom stereocenters. The van der Waals surface area contributed by atoms with Crippen molar-refractivity contribution >= 4 is 21.8 Å². The highest BCUT2D eigenvalue weighted by molar-refractivity contribution is 7.92. The third-order valence-electron chi connectivity index (χ3n) is 4.36. The molecular weight excluding hydrogens is 398 g/mol. The van der Waals surface area contributed by atoms with Crippen LogP contribution < -0.4 is 9.46 Å². The Labute approximate surface area is 177 Å². The van der Waals surface area contributed by atoms with Crippen molar-refractivity contribution in [3.05, 3.63) is 96.6 Å². The quantitative estimate of drug-likeness (QED) is 0.463. The molecular formula is C24H25NO4S. The number of para-hydroxylation sites is 1. The van der Waals surface area contributed by atoms with Gasteiger partial charge in [0, 0.05) is 5.69 Å². The molecule has 3 aromatic carbocycles. The molecule has 30 heavy (non-hydrogen) atoms. The number of benzene rings is 3. The van der Waals surface area contributed by atoms with Gasteiger partial charge in [0.05, 0.1) is 17.6 Å². The molecule has 0 bridgehead atoms. The summed E-state index contributed by atoms with van der Waals surface area (Å²) in [4.78, 5) is 0.207. The fourth-order valence-electron chi connectivity index (χ4n) is 2.84. The van der Waals surface area contributed by atoms with Gasteiger partial charge in [-0.15, -0.1) is 0 Å². The van der Waals surface area contributed by atoms with E-state index >= 15 is 0 Å². The maximum Gasteiger partial charge on any atom is 0.261 e. The number of rotatable bonds is 10. The van der Waals surface area contributed by atoms with Crippen LogP contribution in [0.25, 0.3) is 6.08 Å². The van der Waals surface area contributed by atoms with E-state index in [0.717, 1.165) is 17.7 Å². The van der Waals surface area contributed by atoms with Crippen molar-refractivity contribution in [2.24, 2.45) is 0 Å². The first kappa shape index (κ1) is 21.6. The van der Waals surface area contributed by atoms with Crippen molar-refractivity contribution in [1.29, 1.82) is 0 Å². The van der Waals surface area contributed by atoms with Crippen LogP contribution in [-0.2, 0) is 10.0 Å². The van der Waals surface area contributed by atoms with E-state index in [1.54, 1.807) is 60.7 Å². The molecule has 6 heteroatoms. The molecule has 0 radical (unpaired) electrons. The van der Waals surface area contributed by atoms with Crippen molar-refractivity contribution in [3.63, 3.8) is 0 Å². The van der Waals surface area contributed by atoms with Gasteiger partial charge < -0.3 is 9.84 Å². The van der Waals surface area contributed by atoms with Crippen LogP contribution in [0.5, 0.6) is 5.75 Å². The van der Waals surface area contributed by atoms with E-state index in [9.17, 15) is 13.5 Å². The van der Waals surface area contributed by atoms with Crippen molar-refractivity contribution in [3.8, 4) is 5.75 Å². The van der Waals surface area contributed by atoms with Gasteiger partial charge in [-0.3, -0.25) is 4.72 Å². The van der Waals surface area contributed by atoms with Gasteiger partial charge in [0.2, 0.25) is 0 Å². The summed E-state index contributed by atoms with van der Waals surface area (Å²) >= 11 is 0. The van der Waals surface area contributed by atoms with Crippen LogP contribution in [0.4, 0.5) is 5.69 Å². The average Bonchev–Trinajstić information content (AvgIpc) is 2.77. The zero-order valence-electron chi connectivity index (χ0n) is 16.5. The van der Waals surface area contributed by atoms with E-state index in [2.05, 4.69) is 4.72 Å². The molecule has 0 aromatic heterocycles. The average molecular weight is 424 g/mol. The number of hydrogen-bond acceptors (Lipinski definition) is 4. The van der Waals surface area contributed by atoms with Gasteiger partial charge in [0.15, 0.2) is 0 Å². The van der Waals surface area contributed by atoms with E-state index in [1.807, 2.05) is 36.4 Å². The topological polar surface area (TPSA) is 75.6 Å². The highest BCUT2D eigenvalue weighted by Crippen LogP contribution is 2.18. The molecule has 0 amide bonds. The van der Waals surface area contributed by atoms with Gasteiger partial charge in [-0.1, -0.05) is 60.7 Å². The minimum atomic E-state index is -3.64. The predicted molar refractivity (Wildman–Crippen MR) is 120 cm³/mol. The number of nitrogens with one attached hydrogen (secondary N) is 1. The van der Waals surface area contributed by atoms with Gasteiger partial charge in [-0.05, 0) is 54.8 Å². The zero-order valence-corrected chi connectivity index (χ0v) is 17.3. The normalized spacial score (nSPS) is 12.6. The first-order valence-corrected chi connectivity index (χ1v) is 11.2. The van der Waals surface area contributed by atoms with E-state index in [4.69, 9.17) is 4.74 Å². The SMILES string of the molecule is O=S(=O)(Nc1cccc(/C=C/[C@H](O)CCCOc2ccccc2)c1)c1ccccc1. The molecule has 0 aliphatic heterocycles. The maximum atomic E-state index is 12.4. The predicted octanol–water partition coefficient (Wildman–Crippen LogP) is 4.72. The standard InChI is InChI=1S/C24H25NO4S/c26-22(11-8-18-29-23-12-3-1-4-13-23)17-16-20-9-7-10-21(19-20)25-30(27,28)24-14-5-2-6-15-24/h1-7,9-10,12-17,19,22,25-26H,8,11,18H2/b17-16+/t22-/m1/s1. The molecule has 0 unspecified atom stereocenters. The summed E-state index contributed by atoms with van der Waals surface area (Å²) in [5.74, 6) is 0.817. The lowest BCUT2D eigenvalue weighted by molar-refractivity contribution is 0.196. The monoisotopic (exact) mass is 423 g/mol. The number of sulfonamides is 1. The second kappa shape index (κ2) is 10.6. The number of aliphatic hydroxyl groups is 1. The van der Waals surface area contributed by atoms with Crippen LogP contribution in [0.2, 0.25) is 0 Å². The maximum absolute atomic E-state index is 12.4. The Bertz CT molecular complexity index is 1050. The summed E-state index contributed by atoms with van der Waals surface area (Å²) in [6.07, 6.45) is 4.17. The van der Waals surface area contributed by atoms with Crippen LogP contribution in [0.1, 0.15) is 18.4 Å². The van der Waals surface area contributed by atoms with Crippen LogP contribution in [0.15, 0.2) is 95.9 Å². The summed E-state index contributed by atoms with van der Waals surface area (Å²) < 4.78 is 33.1. The van der Waals surface area contributed by atoms with Crippen molar-refractivity contribution in [2.75, 3.05) is 11.3 Å². The largest absolute Gasteiger partial charge is 0.494 e. The summed E-state index contributed by atoms with van der Waals surface area (Å²) in [6, 6.07) is 24.8. The molecule has 0 heterocycles. The van der Waals surface area contributed by atoms with E-state index in [1.165, 1.54) is 0 Å². The lowest BCUT2D eigenvalue weighted by Gasteiger charge is -2.09. The number of ether oxygens (including phenoxy) is 1. The molecule has 0 saturated carbocycles. The van der Waals surface area contributed by atoms with Crippen molar-refractivity contribution in [1.82, 2.24) is 0 Å². The second-order valence-electron chi connectivity index (χ2n) is 6.77. The van der Waals surface area contributed by atoms with E-state index in [0.29, 0.717) is 18.7 Å². The van der Waals surface area contributed by atoms with Crippen LogP contribution >= 0.6 is 0 Å². The molecule has 0 aliphatic carbocycles. The number of aliphatic hydroxyl groups excluding tert-OH is 1. The lowest BCUT2D eigenvalue weighted by Crippen LogP contribution is -2.12. The first-order valence-electron chi connectivity index (χ1n) is 9.75. The first-order chi connectivity index (χ1) is 14.5. The smallest absolute Gasteiger partial charge is 0.261 e. The Kier molecular flexibility index (Phi) is 7.65. The van der Waals surface area contributed by atoms with Crippen molar-refractivity contribution in [2.45, 2.75) is 23.8 Å². The van der Waals surface area contributed by atoms with E-state index in [-0.39, 0.29) is 4.90 Å². The molecule has 0 aliphatic rings. The molecule has 3 aromatic rings. The van der Waals surface area contributed by atoms with Crippen LogP contribution in [0.3, 0.4) is 0 Å². The van der Waals surface area contributed by atoms with Gasteiger partial charge >= 0.3 is 0 Å². The molecule has 0 saturated heterocycles. The summed E-state index contributed by atoms with van der Waals surface area (Å²) in [5.41, 5.74) is 1.26. The zero-order chi connectivity index (χ0) is 21.2. The number of anilines is 1. The highest BCUT2D eigenvalue weighted by atomic mass is 32.2. The molecule has 0 fully saturated rings. The Morgan fingerprint density at radius 1 is 0.933 bits per heavy atom. The minimum Gasteiger partial charge on any atom is -0.494 e. The Morgan fingerprint density at radius 2 is 1.63 bits per heavy atom. The minimum absolute atomic E-state index is 0.207. The molecule has 156 valence electrons. The third kappa shape index (κ3) is 6.76. The van der Waals surface area contributed by atoms with Gasteiger partial charge in [-0.2, -0.15) is 0 Å². The van der Waals surface area contributed by atoms with E-state index < -0.39 is 16.1 Å². The summed E-state index contributed by atoms with van der Waals surface area (Å²) in [6.45, 7) is 0.533. The number of hydrogen-bond donors (Lipinski definition) is 2. The Hall–Kier alpha value is -3.09.